The second kappa shape index (κ2) is 6.39. The number of methoxy groups -OCH3 is 2. The first-order valence-electron chi connectivity index (χ1n) is 10.6. The monoisotopic (exact) mass is 385 g/mol. The third-order valence-corrected chi connectivity index (χ3v) is 7.82. The number of aromatic hydroxyl groups is 1. The molecule has 0 spiro atoms. The van der Waals surface area contributed by atoms with Crippen LogP contribution in [0.2, 0.25) is 0 Å². The van der Waals surface area contributed by atoms with Crippen molar-refractivity contribution < 1.29 is 19.7 Å². The molecule has 1 aromatic rings. The Morgan fingerprint density at radius 2 is 2.07 bits per heavy atom. The molecule has 5 heteroatoms. The maximum Gasteiger partial charge on any atom is 0.161 e. The molecule has 1 saturated heterocycles. The number of likely N-dealkylation sites (tertiary alicyclic amines) is 1. The number of phenolic OH excluding ortho intramolecular Hbond substituents is 1. The van der Waals surface area contributed by atoms with Crippen LogP contribution in [0.5, 0.6) is 11.5 Å². The Hall–Kier alpha value is -1.72. The number of phenols is 1. The van der Waals surface area contributed by atoms with Crippen molar-refractivity contribution in [1.82, 2.24) is 4.90 Å². The van der Waals surface area contributed by atoms with E-state index in [2.05, 4.69) is 11.0 Å². The maximum atomic E-state index is 12.2. The lowest BCUT2D eigenvalue weighted by molar-refractivity contribution is -0.160. The van der Waals surface area contributed by atoms with Gasteiger partial charge in [-0.2, -0.15) is 0 Å². The molecule has 5 rings (SSSR count). The topological polar surface area (TPSA) is 62.2 Å². The highest BCUT2D eigenvalue weighted by atomic mass is 16.5. The summed E-state index contributed by atoms with van der Waals surface area (Å²) in [6, 6.07) is 4.08. The van der Waals surface area contributed by atoms with Crippen molar-refractivity contribution in [3.8, 4) is 11.5 Å². The SMILES string of the molecule is CO/C=C1\CC[C@@]2(O)[C@H]3Cc4ccc(OC)c(O)c4[C@@]2(CCN3CC2CC2)C1. The Kier molecular flexibility index (Phi) is 4.18. The van der Waals surface area contributed by atoms with Gasteiger partial charge in [0.2, 0.25) is 0 Å². The van der Waals surface area contributed by atoms with Crippen molar-refractivity contribution in [2.24, 2.45) is 5.92 Å². The molecule has 2 N–H and O–H groups in total. The molecule has 28 heavy (non-hydrogen) atoms. The molecule has 1 aromatic carbocycles. The van der Waals surface area contributed by atoms with Crippen LogP contribution in [0.25, 0.3) is 0 Å². The van der Waals surface area contributed by atoms with E-state index < -0.39 is 11.0 Å². The van der Waals surface area contributed by atoms with Crippen LogP contribution < -0.4 is 4.74 Å². The standard InChI is InChI=1S/C23H31NO4/c1-27-14-16-7-8-23(26)19-11-17-5-6-18(28-2)21(25)20(17)22(23,12-16)9-10-24(19)13-15-3-4-15/h5-6,14-15,19,25-26H,3-4,7-13H2,1-2H3/b16-14+/t19-,22-,23-/m1/s1. The Balaban J connectivity index is 1.67. The van der Waals surface area contributed by atoms with Crippen LogP contribution in [-0.4, -0.2) is 54.1 Å². The first kappa shape index (κ1) is 18.3. The van der Waals surface area contributed by atoms with Gasteiger partial charge in [0, 0.05) is 23.6 Å². The van der Waals surface area contributed by atoms with Crippen molar-refractivity contribution in [3.63, 3.8) is 0 Å². The third-order valence-electron chi connectivity index (χ3n) is 7.82. The van der Waals surface area contributed by atoms with Crippen molar-refractivity contribution in [2.75, 3.05) is 27.3 Å². The summed E-state index contributed by atoms with van der Waals surface area (Å²) in [6.07, 6.45) is 8.42. The average Bonchev–Trinajstić information content (AvgIpc) is 3.49. The van der Waals surface area contributed by atoms with Gasteiger partial charge in [-0.25, -0.2) is 0 Å². The van der Waals surface area contributed by atoms with Crippen LogP contribution in [0.3, 0.4) is 0 Å². The molecule has 3 atom stereocenters. The zero-order valence-corrected chi connectivity index (χ0v) is 16.9. The second-order valence-corrected chi connectivity index (χ2v) is 9.25. The minimum atomic E-state index is -0.831. The number of fused-ring (bicyclic) bond motifs is 1. The molecule has 4 aliphatic rings. The molecule has 152 valence electrons. The predicted molar refractivity (Wildman–Crippen MR) is 107 cm³/mol. The maximum absolute atomic E-state index is 12.2. The molecule has 3 aliphatic carbocycles. The van der Waals surface area contributed by atoms with Crippen LogP contribution in [0.4, 0.5) is 0 Å². The van der Waals surface area contributed by atoms with E-state index in [9.17, 15) is 10.2 Å². The summed E-state index contributed by atoms with van der Waals surface area (Å²) in [5.74, 6) is 1.51. The summed E-state index contributed by atoms with van der Waals surface area (Å²) in [4.78, 5) is 2.55. The number of hydrogen-bond acceptors (Lipinski definition) is 5. The Bertz CT molecular complexity index is 817. The van der Waals surface area contributed by atoms with Crippen molar-refractivity contribution in [3.05, 3.63) is 35.1 Å². The summed E-state index contributed by atoms with van der Waals surface area (Å²) >= 11 is 0. The Morgan fingerprint density at radius 3 is 2.79 bits per heavy atom. The van der Waals surface area contributed by atoms with Gasteiger partial charge in [0.1, 0.15) is 0 Å². The van der Waals surface area contributed by atoms with Crippen LogP contribution in [-0.2, 0) is 16.6 Å². The molecule has 0 unspecified atom stereocenters. The number of piperidine rings is 1. The van der Waals surface area contributed by atoms with E-state index in [1.54, 1.807) is 14.2 Å². The van der Waals surface area contributed by atoms with Crippen LogP contribution in [0.15, 0.2) is 24.0 Å². The molecule has 1 heterocycles. The molecule has 0 aromatic heterocycles. The van der Waals surface area contributed by atoms with Gasteiger partial charge in [0.25, 0.3) is 0 Å². The number of hydrogen-bond donors (Lipinski definition) is 2. The molecule has 1 aliphatic heterocycles. The normalized spacial score (nSPS) is 36.0. The number of nitrogens with zero attached hydrogens (tertiary/aromatic N) is 1. The smallest absolute Gasteiger partial charge is 0.161 e. The number of ether oxygens (including phenoxy) is 2. The highest BCUT2D eigenvalue weighted by molar-refractivity contribution is 5.58. The van der Waals surface area contributed by atoms with Gasteiger partial charge in [-0.15, -0.1) is 0 Å². The van der Waals surface area contributed by atoms with Gasteiger partial charge in [-0.1, -0.05) is 6.07 Å². The van der Waals surface area contributed by atoms with Gasteiger partial charge in [-0.05, 0) is 74.6 Å². The fourth-order valence-corrected chi connectivity index (χ4v) is 6.34. The molecule has 3 fully saturated rings. The molecule has 2 saturated carbocycles. The minimum absolute atomic E-state index is 0.117. The van der Waals surface area contributed by atoms with Crippen molar-refractivity contribution in [1.29, 1.82) is 0 Å². The molecule has 0 amide bonds. The Labute approximate surface area is 166 Å². The van der Waals surface area contributed by atoms with Gasteiger partial charge < -0.3 is 19.7 Å². The third kappa shape index (κ3) is 2.45. The van der Waals surface area contributed by atoms with Crippen LogP contribution in [0.1, 0.15) is 49.7 Å². The van der Waals surface area contributed by atoms with E-state index in [4.69, 9.17) is 9.47 Å². The largest absolute Gasteiger partial charge is 0.504 e. The molecular formula is C23H31NO4. The lowest BCUT2D eigenvalue weighted by atomic mass is 9.48. The highest BCUT2D eigenvalue weighted by Gasteiger charge is 2.65. The predicted octanol–water partition coefficient (Wildman–Crippen LogP) is 3.12. The molecule has 0 radical (unpaired) electrons. The quantitative estimate of drug-likeness (QED) is 0.780. The summed E-state index contributed by atoms with van der Waals surface area (Å²) in [6.45, 7) is 2.07. The van der Waals surface area contributed by atoms with Gasteiger partial charge in [0.15, 0.2) is 11.5 Å². The summed E-state index contributed by atoms with van der Waals surface area (Å²) in [5.41, 5.74) is 1.98. The molecular weight excluding hydrogens is 354 g/mol. The van der Waals surface area contributed by atoms with E-state index in [1.165, 1.54) is 18.4 Å². The summed E-state index contributed by atoms with van der Waals surface area (Å²) in [5, 5.41) is 23.4. The van der Waals surface area contributed by atoms with Gasteiger partial charge in [0.05, 0.1) is 26.1 Å². The van der Waals surface area contributed by atoms with Gasteiger partial charge in [-0.3, -0.25) is 4.90 Å². The fraction of sp³-hybridized carbons (Fsp3) is 0.652. The van der Waals surface area contributed by atoms with E-state index >= 15 is 0 Å². The average molecular weight is 386 g/mol. The number of rotatable bonds is 4. The zero-order chi connectivity index (χ0) is 19.5. The van der Waals surface area contributed by atoms with Crippen LogP contribution >= 0.6 is 0 Å². The fourth-order valence-electron chi connectivity index (χ4n) is 6.34. The summed E-state index contributed by atoms with van der Waals surface area (Å²) < 4.78 is 10.8. The lowest BCUT2D eigenvalue weighted by Gasteiger charge is -2.64. The first-order valence-corrected chi connectivity index (χ1v) is 10.6. The van der Waals surface area contributed by atoms with Crippen LogP contribution in [0, 0.1) is 5.92 Å². The number of benzene rings is 1. The molecule has 2 bridgehead atoms. The van der Waals surface area contributed by atoms with Gasteiger partial charge >= 0.3 is 0 Å². The van der Waals surface area contributed by atoms with E-state index in [0.29, 0.717) is 12.2 Å². The van der Waals surface area contributed by atoms with Crippen molar-refractivity contribution >= 4 is 0 Å². The zero-order valence-electron chi connectivity index (χ0n) is 16.9. The number of aliphatic hydroxyl groups is 1. The van der Waals surface area contributed by atoms with E-state index in [1.807, 2.05) is 12.3 Å². The summed E-state index contributed by atoms with van der Waals surface area (Å²) in [7, 11) is 3.27. The number of allylic oxidation sites excluding steroid dienone is 1. The molecule has 5 nitrogen and oxygen atoms in total. The first-order chi connectivity index (χ1) is 13.5. The van der Waals surface area contributed by atoms with E-state index in [0.717, 1.165) is 55.8 Å². The minimum Gasteiger partial charge on any atom is -0.504 e. The highest BCUT2D eigenvalue weighted by Crippen LogP contribution is 2.62. The van der Waals surface area contributed by atoms with Crippen molar-refractivity contribution in [2.45, 2.75) is 62.0 Å². The lowest BCUT2D eigenvalue weighted by Crippen LogP contribution is -2.72. The second-order valence-electron chi connectivity index (χ2n) is 9.25. The Morgan fingerprint density at radius 1 is 1.25 bits per heavy atom. The van der Waals surface area contributed by atoms with E-state index in [-0.39, 0.29) is 11.8 Å².